The highest BCUT2D eigenvalue weighted by Gasteiger charge is 2.27. The molecule has 0 aliphatic heterocycles. The monoisotopic (exact) mass is 371 g/mol. The van der Waals surface area contributed by atoms with E-state index in [4.69, 9.17) is 0 Å². The molecule has 2 aliphatic rings. The lowest BCUT2D eigenvalue weighted by Crippen LogP contribution is -2.23. The zero-order valence-corrected chi connectivity index (χ0v) is 14.9. The Morgan fingerprint density at radius 2 is 1.85 bits per heavy atom. The summed E-state index contributed by atoms with van der Waals surface area (Å²) in [4.78, 5) is 19.4. The average Bonchev–Trinajstić information content (AvgIpc) is 3.49. The molecule has 2 N–H and O–H groups in total. The van der Waals surface area contributed by atoms with E-state index in [1.165, 1.54) is 31.4 Å². The molecule has 0 saturated heterocycles. The van der Waals surface area contributed by atoms with Crippen LogP contribution in [0.1, 0.15) is 56.6 Å². The van der Waals surface area contributed by atoms with Gasteiger partial charge in [-0.25, -0.2) is 4.98 Å². The largest absolute Gasteiger partial charge is 0.351 e. The van der Waals surface area contributed by atoms with Crippen LogP contribution in [0.3, 0.4) is 0 Å². The van der Waals surface area contributed by atoms with Gasteiger partial charge in [0.15, 0.2) is 0 Å². The SMILES string of the molecule is O=[N+]([O-])c1cc(Nc2cc(C3CC3)nc(NC3CCCCC3)n2)ccc1F. The van der Waals surface area contributed by atoms with Crippen LogP contribution < -0.4 is 10.6 Å². The number of hydrogen-bond acceptors (Lipinski definition) is 6. The topological polar surface area (TPSA) is 93.0 Å². The normalized spacial score (nSPS) is 17.5. The van der Waals surface area contributed by atoms with Crippen molar-refractivity contribution >= 4 is 23.1 Å². The number of hydrogen-bond donors (Lipinski definition) is 2. The second-order valence-electron chi connectivity index (χ2n) is 7.30. The standard InChI is InChI=1S/C19H22FN5O2/c20-15-9-8-14(10-17(15)25(26)27)21-18-11-16(12-6-7-12)23-19(24-18)22-13-4-2-1-3-5-13/h8-13H,1-7H2,(H2,21,22,23,24). The predicted octanol–water partition coefficient (Wildman–Crippen LogP) is 4.89. The van der Waals surface area contributed by atoms with Crippen molar-refractivity contribution in [1.82, 2.24) is 9.97 Å². The molecule has 0 radical (unpaired) electrons. The molecule has 8 heteroatoms. The Hall–Kier alpha value is -2.77. The summed E-state index contributed by atoms with van der Waals surface area (Å²) < 4.78 is 13.6. The Labute approximate surface area is 156 Å². The minimum Gasteiger partial charge on any atom is -0.351 e. The molecule has 0 atom stereocenters. The first-order valence-corrected chi connectivity index (χ1v) is 9.45. The number of nitro groups is 1. The highest BCUT2D eigenvalue weighted by atomic mass is 19.1. The van der Waals surface area contributed by atoms with Crippen molar-refractivity contribution in [3.63, 3.8) is 0 Å². The molecule has 2 saturated carbocycles. The van der Waals surface area contributed by atoms with Gasteiger partial charge in [0, 0.05) is 29.8 Å². The quantitative estimate of drug-likeness (QED) is 0.555. The van der Waals surface area contributed by atoms with Crippen molar-refractivity contribution < 1.29 is 9.31 Å². The fourth-order valence-electron chi connectivity index (χ4n) is 3.49. The molecule has 0 amide bonds. The summed E-state index contributed by atoms with van der Waals surface area (Å²) in [5.41, 5.74) is 0.839. The molecule has 4 rings (SSSR count). The molecule has 1 aromatic heterocycles. The molecule has 2 fully saturated rings. The predicted molar refractivity (Wildman–Crippen MR) is 101 cm³/mol. The number of nitro benzene ring substituents is 1. The van der Waals surface area contributed by atoms with Gasteiger partial charge >= 0.3 is 5.69 Å². The molecule has 27 heavy (non-hydrogen) atoms. The van der Waals surface area contributed by atoms with Crippen LogP contribution in [0.2, 0.25) is 0 Å². The van der Waals surface area contributed by atoms with Crippen LogP contribution in [0.4, 0.5) is 27.5 Å². The molecule has 1 heterocycles. The Morgan fingerprint density at radius 1 is 1.07 bits per heavy atom. The maximum absolute atomic E-state index is 13.6. The van der Waals surface area contributed by atoms with Gasteiger partial charge in [-0.1, -0.05) is 19.3 Å². The van der Waals surface area contributed by atoms with Gasteiger partial charge < -0.3 is 10.6 Å². The van der Waals surface area contributed by atoms with Gasteiger partial charge in [-0.15, -0.1) is 0 Å². The van der Waals surface area contributed by atoms with Gasteiger partial charge in [-0.3, -0.25) is 10.1 Å². The third-order valence-electron chi connectivity index (χ3n) is 5.10. The van der Waals surface area contributed by atoms with Gasteiger partial charge in [0.2, 0.25) is 11.8 Å². The summed E-state index contributed by atoms with van der Waals surface area (Å²) in [5.74, 6) is 0.742. The lowest BCUT2D eigenvalue weighted by Gasteiger charge is -2.23. The molecular weight excluding hydrogens is 349 g/mol. The van der Waals surface area contributed by atoms with Crippen molar-refractivity contribution in [2.45, 2.75) is 56.9 Å². The molecular formula is C19H22FN5O2. The summed E-state index contributed by atoms with van der Waals surface area (Å²) in [5, 5.41) is 17.5. The van der Waals surface area contributed by atoms with E-state index < -0.39 is 16.4 Å². The summed E-state index contributed by atoms with van der Waals surface area (Å²) in [6.45, 7) is 0. The number of anilines is 3. The zero-order chi connectivity index (χ0) is 18.8. The van der Waals surface area contributed by atoms with Crippen molar-refractivity contribution in [2.75, 3.05) is 10.6 Å². The van der Waals surface area contributed by atoms with E-state index in [-0.39, 0.29) is 0 Å². The molecule has 7 nitrogen and oxygen atoms in total. The third kappa shape index (κ3) is 4.32. The minimum atomic E-state index is -0.855. The summed E-state index contributed by atoms with van der Waals surface area (Å²) >= 11 is 0. The summed E-state index contributed by atoms with van der Waals surface area (Å²) in [6.07, 6.45) is 8.16. The Morgan fingerprint density at radius 3 is 2.56 bits per heavy atom. The van der Waals surface area contributed by atoms with E-state index in [1.807, 2.05) is 6.07 Å². The van der Waals surface area contributed by atoms with Crippen molar-refractivity contribution in [1.29, 1.82) is 0 Å². The van der Waals surface area contributed by atoms with E-state index >= 15 is 0 Å². The van der Waals surface area contributed by atoms with E-state index in [0.717, 1.165) is 37.4 Å². The second kappa shape index (κ2) is 7.46. The maximum atomic E-state index is 13.6. The first-order valence-electron chi connectivity index (χ1n) is 9.45. The van der Waals surface area contributed by atoms with E-state index in [1.54, 1.807) is 0 Å². The summed E-state index contributed by atoms with van der Waals surface area (Å²) in [6, 6.07) is 5.99. The molecule has 2 aliphatic carbocycles. The highest BCUT2D eigenvalue weighted by Crippen LogP contribution is 2.40. The fraction of sp³-hybridized carbons (Fsp3) is 0.474. The second-order valence-corrected chi connectivity index (χ2v) is 7.30. The van der Waals surface area contributed by atoms with Crippen LogP contribution in [0, 0.1) is 15.9 Å². The lowest BCUT2D eigenvalue weighted by molar-refractivity contribution is -0.387. The molecule has 0 spiro atoms. The van der Waals surface area contributed by atoms with Crippen LogP contribution >= 0.6 is 0 Å². The van der Waals surface area contributed by atoms with Crippen molar-refractivity contribution in [3.8, 4) is 0 Å². The van der Waals surface area contributed by atoms with Crippen LogP contribution in [-0.2, 0) is 0 Å². The number of aromatic nitrogens is 2. The van der Waals surface area contributed by atoms with Gasteiger partial charge in [0.05, 0.1) is 10.6 Å². The fourth-order valence-corrected chi connectivity index (χ4v) is 3.49. The number of rotatable bonds is 6. The highest BCUT2D eigenvalue weighted by molar-refractivity contribution is 5.61. The number of halogens is 1. The van der Waals surface area contributed by atoms with Crippen molar-refractivity contribution in [3.05, 3.63) is 45.9 Å². The minimum absolute atomic E-state index is 0.382. The van der Waals surface area contributed by atoms with E-state index in [0.29, 0.717) is 29.4 Å². The van der Waals surface area contributed by atoms with Crippen LogP contribution in [-0.4, -0.2) is 20.9 Å². The average molecular weight is 371 g/mol. The van der Waals surface area contributed by atoms with Crippen LogP contribution in [0.15, 0.2) is 24.3 Å². The first kappa shape index (κ1) is 17.6. The Bertz CT molecular complexity index is 850. The lowest BCUT2D eigenvalue weighted by atomic mass is 9.96. The molecule has 0 unspecified atom stereocenters. The Balaban J connectivity index is 1.58. The Kier molecular flexibility index (Phi) is 4.87. The smallest absolute Gasteiger partial charge is 0.306 e. The number of nitrogens with zero attached hydrogens (tertiary/aromatic N) is 3. The van der Waals surface area contributed by atoms with Crippen LogP contribution in [0.5, 0.6) is 0 Å². The van der Waals surface area contributed by atoms with Gasteiger partial charge in [0.25, 0.3) is 0 Å². The summed E-state index contributed by atoms with van der Waals surface area (Å²) in [7, 11) is 0. The third-order valence-corrected chi connectivity index (χ3v) is 5.10. The van der Waals surface area contributed by atoms with Crippen LogP contribution in [0.25, 0.3) is 0 Å². The molecule has 2 aromatic rings. The first-order chi connectivity index (χ1) is 13.1. The molecule has 0 bridgehead atoms. The zero-order valence-electron chi connectivity index (χ0n) is 14.9. The molecule has 1 aromatic carbocycles. The van der Waals surface area contributed by atoms with Gasteiger partial charge in [-0.05, 0) is 37.8 Å². The van der Waals surface area contributed by atoms with E-state index in [2.05, 4.69) is 20.6 Å². The number of benzene rings is 1. The van der Waals surface area contributed by atoms with Crippen molar-refractivity contribution in [2.24, 2.45) is 0 Å². The number of nitrogens with one attached hydrogen (secondary N) is 2. The van der Waals surface area contributed by atoms with E-state index in [9.17, 15) is 14.5 Å². The van der Waals surface area contributed by atoms with Gasteiger partial charge in [-0.2, -0.15) is 9.37 Å². The molecule has 142 valence electrons. The maximum Gasteiger partial charge on any atom is 0.306 e. The van der Waals surface area contributed by atoms with Gasteiger partial charge in [0.1, 0.15) is 5.82 Å².